The quantitative estimate of drug-likeness (QED) is 0.896. The zero-order valence-corrected chi connectivity index (χ0v) is 15.0. The van der Waals surface area contributed by atoms with Crippen molar-refractivity contribution in [2.24, 2.45) is 0 Å². The van der Waals surface area contributed by atoms with E-state index in [1.54, 1.807) is 0 Å². The molecule has 2 aromatic rings. The summed E-state index contributed by atoms with van der Waals surface area (Å²) in [5.74, 6) is 1.97. The van der Waals surface area contributed by atoms with Gasteiger partial charge in [-0.1, -0.05) is 23.7 Å². The summed E-state index contributed by atoms with van der Waals surface area (Å²) in [6.45, 7) is 4.43. The van der Waals surface area contributed by atoms with Crippen molar-refractivity contribution in [2.45, 2.75) is 38.0 Å². The Bertz CT molecular complexity index is 750. The van der Waals surface area contributed by atoms with E-state index in [9.17, 15) is 5.11 Å². The summed E-state index contributed by atoms with van der Waals surface area (Å²) in [4.78, 5) is 2.26. The van der Waals surface area contributed by atoms with Crippen LogP contribution in [0.5, 0.6) is 0 Å². The van der Waals surface area contributed by atoms with Gasteiger partial charge in [0.2, 0.25) is 0 Å². The van der Waals surface area contributed by atoms with E-state index in [-0.39, 0.29) is 0 Å². The Labute approximate surface area is 152 Å². The first-order valence-electron chi connectivity index (χ1n) is 8.79. The second-order valence-corrected chi connectivity index (χ2v) is 7.47. The van der Waals surface area contributed by atoms with Gasteiger partial charge in [0.15, 0.2) is 0 Å². The minimum Gasteiger partial charge on any atom is -0.388 e. The van der Waals surface area contributed by atoms with Crippen LogP contribution in [-0.2, 0) is 30.7 Å². The van der Waals surface area contributed by atoms with E-state index >= 15 is 0 Å². The molecule has 2 aliphatic rings. The number of fused-ring (bicyclic) bond motifs is 1. The molecule has 0 spiro atoms. The normalized spacial score (nSPS) is 24.2. The zero-order chi connectivity index (χ0) is 17.3. The summed E-state index contributed by atoms with van der Waals surface area (Å²) in [5, 5.41) is 20.3. The third kappa shape index (κ3) is 3.87. The first kappa shape index (κ1) is 17.0. The van der Waals surface area contributed by atoms with Crippen molar-refractivity contribution >= 4 is 11.6 Å². The highest BCUT2D eigenvalue weighted by Gasteiger charge is 2.36. The number of likely N-dealkylation sites (tertiary alicyclic amines) is 1. The lowest BCUT2D eigenvalue weighted by Gasteiger charge is -2.23. The van der Waals surface area contributed by atoms with Crippen LogP contribution in [0.1, 0.15) is 23.6 Å². The molecule has 6 nitrogen and oxygen atoms in total. The molecular formula is C18H23ClN4O2. The Kier molecular flexibility index (Phi) is 4.78. The van der Waals surface area contributed by atoms with Crippen molar-refractivity contribution in [1.29, 1.82) is 0 Å². The molecule has 25 heavy (non-hydrogen) atoms. The van der Waals surface area contributed by atoms with E-state index in [0.29, 0.717) is 37.7 Å². The third-order valence-electron chi connectivity index (χ3n) is 5.03. The van der Waals surface area contributed by atoms with Gasteiger partial charge in [0.05, 0.1) is 25.4 Å². The van der Waals surface area contributed by atoms with Crippen molar-refractivity contribution in [1.82, 2.24) is 19.7 Å². The van der Waals surface area contributed by atoms with Gasteiger partial charge in [0.25, 0.3) is 0 Å². The lowest BCUT2D eigenvalue weighted by atomic mass is 9.94. The molecule has 134 valence electrons. The molecule has 1 fully saturated rings. The van der Waals surface area contributed by atoms with Crippen LogP contribution < -0.4 is 0 Å². The van der Waals surface area contributed by atoms with Gasteiger partial charge in [0, 0.05) is 37.5 Å². The fourth-order valence-electron chi connectivity index (χ4n) is 3.80. The van der Waals surface area contributed by atoms with Crippen LogP contribution in [0.3, 0.4) is 0 Å². The summed E-state index contributed by atoms with van der Waals surface area (Å²) in [6.07, 6.45) is 2.19. The van der Waals surface area contributed by atoms with Gasteiger partial charge < -0.3 is 14.4 Å². The topological polar surface area (TPSA) is 63.4 Å². The number of hydrogen-bond donors (Lipinski definition) is 1. The molecule has 4 rings (SSSR count). The van der Waals surface area contributed by atoms with E-state index in [1.165, 1.54) is 0 Å². The van der Waals surface area contributed by atoms with Gasteiger partial charge in [-0.3, -0.25) is 4.90 Å². The zero-order valence-electron chi connectivity index (χ0n) is 14.2. The molecule has 1 unspecified atom stereocenters. The molecule has 1 atom stereocenters. The molecular weight excluding hydrogens is 340 g/mol. The smallest absolute Gasteiger partial charge is 0.147 e. The fraction of sp³-hybridized carbons (Fsp3) is 0.556. The SMILES string of the molecule is OC1(Cc2cccc(Cl)c2)CCN(Cc2nnc3n2CCOCC3)C1. The van der Waals surface area contributed by atoms with E-state index in [1.807, 2.05) is 24.3 Å². The number of halogens is 1. The number of nitrogens with zero attached hydrogens (tertiary/aromatic N) is 4. The molecule has 0 amide bonds. The first-order valence-corrected chi connectivity index (χ1v) is 9.17. The van der Waals surface area contributed by atoms with Crippen molar-refractivity contribution in [2.75, 3.05) is 26.3 Å². The van der Waals surface area contributed by atoms with Crippen LogP contribution in [0.4, 0.5) is 0 Å². The molecule has 0 aliphatic carbocycles. The van der Waals surface area contributed by atoms with E-state index in [2.05, 4.69) is 19.7 Å². The third-order valence-corrected chi connectivity index (χ3v) is 5.27. The van der Waals surface area contributed by atoms with Crippen LogP contribution in [0.15, 0.2) is 24.3 Å². The summed E-state index contributed by atoms with van der Waals surface area (Å²) in [7, 11) is 0. The lowest BCUT2D eigenvalue weighted by molar-refractivity contribution is 0.0483. The Hall–Kier alpha value is -1.47. The summed E-state index contributed by atoms with van der Waals surface area (Å²) in [5.41, 5.74) is 0.362. The predicted molar refractivity (Wildman–Crippen MR) is 94.5 cm³/mol. The fourth-order valence-corrected chi connectivity index (χ4v) is 4.01. The minimum absolute atomic E-state index is 0.621. The maximum absolute atomic E-state index is 11.0. The van der Waals surface area contributed by atoms with Crippen LogP contribution in [0.2, 0.25) is 5.02 Å². The molecule has 1 aromatic heterocycles. The highest BCUT2D eigenvalue weighted by Crippen LogP contribution is 2.27. The monoisotopic (exact) mass is 362 g/mol. The number of benzene rings is 1. The van der Waals surface area contributed by atoms with Gasteiger partial charge in [-0.05, 0) is 24.1 Å². The standard InChI is InChI=1S/C18H23ClN4O2/c19-15-3-1-2-14(10-15)11-18(24)5-6-22(13-18)12-17-21-20-16-4-8-25-9-7-23(16)17/h1-3,10,24H,4-9,11-13H2. The molecule has 0 bridgehead atoms. The maximum atomic E-state index is 11.0. The second kappa shape index (κ2) is 7.03. The lowest BCUT2D eigenvalue weighted by Crippen LogP contribution is -2.35. The Morgan fingerprint density at radius 2 is 2.16 bits per heavy atom. The molecule has 3 heterocycles. The highest BCUT2D eigenvalue weighted by molar-refractivity contribution is 6.30. The largest absolute Gasteiger partial charge is 0.388 e. The molecule has 0 saturated carbocycles. The Morgan fingerprint density at radius 3 is 3.04 bits per heavy atom. The number of aliphatic hydroxyl groups is 1. The predicted octanol–water partition coefficient (Wildman–Crippen LogP) is 1.68. The van der Waals surface area contributed by atoms with Crippen LogP contribution in [0, 0.1) is 0 Å². The molecule has 1 N–H and O–H groups in total. The Balaban J connectivity index is 1.41. The summed E-state index contributed by atoms with van der Waals surface area (Å²) < 4.78 is 7.68. The number of ether oxygens (including phenoxy) is 1. The molecule has 1 aromatic carbocycles. The minimum atomic E-state index is -0.713. The van der Waals surface area contributed by atoms with Gasteiger partial charge in [-0.2, -0.15) is 0 Å². The summed E-state index contributed by atoms with van der Waals surface area (Å²) >= 11 is 6.06. The van der Waals surface area contributed by atoms with Crippen molar-refractivity contribution in [3.63, 3.8) is 0 Å². The molecule has 1 saturated heterocycles. The number of hydrogen-bond acceptors (Lipinski definition) is 5. The van der Waals surface area contributed by atoms with E-state index in [0.717, 1.165) is 43.1 Å². The average Bonchev–Trinajstić information content (AvgIpc) is 3.02. The maximum Gasteiger partial charge on any atom is 0.147 e. The van der Waals surface area contributed by atoms with E-state index in [4.69, 9.17) is 16.3 Å². The second-order valence-electron chi connectivity index (χ2n) is 7.04. The highest BCUT2D eigenvalue weighted by atomic mass is 35.5. The van der Waals surface area contributed by atoms with Crippen molar-refractivity contribution < 1.29 is 9.84 Å². The van der Waals surface area contributed by atoms with Crippen molar-refractivity contribution in [3.8, 4) is 0 Å². The van der Waals surface area contributed by atoms with Crippen LogP contribution in [0.25, 0.3) is 0 Å². The molecule has 7 heteroatoms. The van der Waals surface area contributed by atoms with Gasteiger partial charge in [-0.25, -0.2) is 0 Å². The van der Waals surface area contributed by atoms with Gasteiger partial charge >= 0.3 is 0 Å². The van der Waals surface area contributed by atoms with Crippen LogP contribution >= 0.6 is 11.6 Å². The first-order chi connectivity index (χ1) is 12.1. The number of aromatic nitrogens is 3. The Morgan fingerprint density at radius 1 is 1.24 bits per heavy atom. The molecule has 0 radical (unpaired) electrons. The van der Waals surface area contributed by atoms with Crippen LogP contribution in [-0.4, -0.2) is 56.7 Å². The number of β-amino-alcohol motifs (C(OH)–C–C–N with tert-alkyl or cyclic N) is 1. The molecule has 2 aliphatic heterocycles. The van der Waals surface area contributed by atoms with Crippen molar-refractivity contribution in [3.05, 3.63) is 46.5 Å². The van der Waals surface area contributed by atoms with Gasteiger partial charge in [-0.15, -0.1) is 10.2 Å². The van der Waals surface area contributed by atoms with E-state index < -0.39 is 5.60 Å². The van der Waals surface area contributed by atoms with Gasteiger partial charge in [0.1, 0.15) is 11.6 Å². The number of rotatable bonds is 4. The average molecular weight is 363 g/mol. The summed E-state index contributed by atoms with van der Waals surface area (Å²) in [6, 6.07) is 7.74.